The number of aromatic nitrogens is 1. The molecule has 3 aromatic rings. The van der Waals surface area contributed by atoms with Crippen molar-refractivity contribution < 1.29 is 19.1 Å². The molecule has 0 aliphatic carbocycles. The number of fused-ring (bicyclic) bond motifs is 1. The smallest absolute Gasteiger partial charge is 0.231 e. The summed E-state index contributed by atoms with van der Waals surface area (Å²) in [5.74, 6) is 1.49. The number of nitrogens with one attached hydrogen (secondary N) is 1. The van der Waals surface area contributed by atoms with Gasteiger partial charge in [0.15, 0.2) is 11.5 Å². The summed E-state index contributed by atoms with van der Waals surface area (Å²) < 4.78 is 18.2. The van der Waals surface area contributed by atoms with Gasteiger partial charge in [-0.05, 0) is 35.9 Å². The number of thiazole rings is 1. The maximum absolute atomic E-state index is 6.24. The second-order valence-electron chi connectivity index (χ2n) is 7.58. The summed E-state index contributed by atoms with van der Waals surface area (Å²) in [6.45, 7) is 5.71. The van der Waals surface area contributed by atoms with Gasteiger partial charge in [-0.1, -0.05) is 23.7 Å². The number of rotatable bonds is 6. The molecule has 1 fully saturated rings. The summed E-state index contributed by atoms with van der Waals surface area (Å²) >= 11 is 7.82. The van der Waals surface area contributed by atoms with E-state index < -0.39 is 0 Å². The molecule has 2 aromatic carbocycles. The Bertz CT molecular complexity index is 1180. The fourth-order valence-corrected chi connectivity index (χ4v) is 4.76. The number of benzene rings is 2. The van der Waals surface area contributed by atoms with Gasteiger partial charge in [-0.15, -0.1) is 11.3 Å². The highest BCUT2D eigenvalue weighted by Gasteiger charge is 2.14. The molecule has 0 saturated carbocycles. The Morgan fingerprint density at radius 3 is 2.84 bits per heavy atom. The quantitative estimate of drug-likeness (QED) is 0.561. The zero-order chi connectivity index (χ0) is 21.8. The molecule has 0 radical (unpaired) electrons. The van der Waals surface area contributed by atoms with Gasteiger partial charge in [-0.25, -0.2) is 4.68 Å². The first-order valence-electron chi connectivity index (χ1n) is 10.6. The molecule has 1 aromatic heterocycles. The Morgan fingerprint density at radius 1 is 1.09 bits per heavy atom. The summed E-state index contributed by atoms with van der Waals surface area (Å²) in [5.41, 5.74) is 2.87. The van der Waals surface area contributed by atoms with Crippen molar-refractivity contribution >= 4 is 29.2 Å². The fourth-order valence-electron chi connectivity index (χ4n) is 3.70. The normalized spacial score (nSPS) is 16.8. The third-order valence-electron chi connectivity index (χ3n) is 5.44. The van der Waals surface area contributed by atoms with Crippen LogP contribution in [0.3, 0.4) is 0 Å². The lowest BCUT2D eigenvalue weighted by Gasteiger charge is -2.22. The van der Waals surface area contributed by atoms with Crippen molar-refractivity contribution in [2.75, 3.05) is 46.2 Å². The van der Waals surface area contributed by atoms with Crippen LogP contribution in [0.5, 0.6) is 11.5 Å². The molecule has 5 rings (SSSR count). The van der Waals surface area contributed by atoms with Crippen LogP contribution in [-0.2, 0) is 4.74 Å². The molecule has 1 saturated heterocycles. The molecular formula is C23H24ClN4O3S+. The Kier molecular flexibility index (Phi) is 6.54. The molecule has 32 heavy (non-hydrogen) atoms. The van der Waals surface area contributed by atoms with E-state index in [1.165, 1.54) is 4.90 Å². The molecule has 1 N–H and O–H groups in total. The van der Waals surface area contributed by atoms with Crippen LogP contribution < -0.4 is 19.2 Å². The molecule has 0 atom stereocenters. The first-order valence-corrected chi connectivity index (χ1v) is 11.8. The average molecular weight is 472 g/mol. The number of hydrogen-bond acceptors (Lipinski definition) is 6. The number of morpholine rings is 1. The van der Waals surface area contributed by atoms with Crippen LogP contribution in [0.2, 0.25) is 5.02 Å². The number of ether oxygens (including phenoxy) is 3. The molecule has 0 unspecified atom stereocenters. The van der Waals surface area contributed by atoms with E-state index >= 15 is 0 Å². The number of halogens is 1. The van der Waals surface area contributed by atoms with Crippen molar-refractivity contribution in [1.29, 1.82) is 0 Å². The minimum atomic E-state index is 0.252. The molecular weight excluding hydrogens is 448 g/mol. The molecule has 0 spiro atoms. The van der Waals surface area contributed by atoms with Crippen LogP contribution in [0, 0.1) is 0 Å². The lowest BCUT2D eigenvalue weighted by atomic mass is 10.2. The van der Waals surface area contributed by atoms with E-state index in [1.807, 2.05) is 53.4 Å². The van der Waals surface area contributed by atoms with Gasteiger partial charge in [0.05, 0.1) is 38.2 Å². The number of nitrogens with zero attached hydrogens (tertiary/aromatic N) is 3. The van der Waals surface area contributed by atoms with Gasteiger partial charge >= 0.3 is 0 Å². The Morgan fingerprint density at radius 2 is 1.97 bits per heavy atom. The van der Waals surface area contributed by atoms with Gasteiger partial charge in [-0.2, -0.15) is 5.10 Å². The highest BCUT2D eigenvalue weighted by atomic mass is 35.5. The van der Waals surface area contributed by atoms with Gasteiger partial charge in [-0.3, -0.25) is 4.99 Å². The summed E-state index contributed by atoms with van der Waals surface area (Å²) in [6, 6.07) is 13.6. The van der Waals surface area contributed by atoms with Gasteiger partial charge in [0.1, 0.15) is 13.1 Å². The molecule has 0 amide bonds. The molecule has 7 nitrogen and oxygen atoms in total. The third-order valence-corrected chi connectivity index (χ3v) is 6.53. The van der Waals surface area contributed by atoms with E-state index in [0.29, 0.717) is 5.02 Å². The fraction of sp³-hybridized carbons (Fsp3) is 0.304. The molecule has 0 bridgehead atoms. The number of quaternary nitrogens is 1. The SMILES string of the molecule is Clc1cccc(-c2csc(=NCC[NH+]3CCOCC3)n2/N=C\c2ccc3c(c2)OCO3)c1. The molecule has 2 aliphatic heterocycles. The summed E-state index contributed by atoms with van der Waals surface area (Å²) in [7, 11) is 0. The van der Waals surface area contributed by atoms with Crippen molar-refractivity contribution in [3.63, 3.8) is 0 Å². The zero-order valence-electron chi connectivity index (χ0n) is 17.5. The van der Waals surface area contributed by atoms with Gasteiger partial charge in [0.2, 0.25) is 11.6 Å². The molecule has 166 valence electrons. The summed E-state index contributed by atoms with van der Waals surface area (Å²) in [6.07, 6.45) is 1.81. The van der Waals surface area contributed by atoms with E-state index in [4.69, 9.17) is 35.9 Å². The van der Waals surface area contributed by atoms with E-state index in [1.54, 1.807) is 11.3 Å². The predicted octanol–water partition coefficient (Wildman–Crippen LogP) is 2.30. The standard InChI is InChI=1S/C23H23ClN4O3S/c24-19-3-1-2-18(13-19)20-15-32-23(25-6-7-27-8-10-29-11-9-27)28(20)26-14-17-4-5-21-22(12-17)31-16-30-21/h1-5,12-15H,6-11,16H2/p+1/b25-23?,26-14-. The van der Waals surface area contributed by atoms with Crippen molar-refractivity contribution in [1.82, 2.24) is 4.68 Å². The third kappa shape index (κ3) is 4.88. The number of hydrogen-bond donors (Lipinski definition) is 1. The lowest BCUT2D eigenvalue weighted by molar-refractivity contribution is -0.906. The van der Waals surface area contributed by atoms with E-state index in [0.717, 1.165) is 72.5 Å². The Balaban J connectivity index is 1.44. The van der Waals surface area contributed by atoms with E-state index in [2.05, 4.69) is 5.38 Å². The van der Waals surface area contributed by atoms with Crippen LogP contribution in [0.15, 0.2) is 57.9 Å². The van der Waals surface area contributed by atoms with Crippen molar-refractivity contribution in [3.05, 3.63) is 63.2 Å². The first-order chi connectivity index (χ1) is 15.8. The highest BCUT2D eigenvalue weighted by Crippen LogP contribution is 2.32. The van der Waals surface area contributed by atoms with Gasteiger partial charge in [0.25, 0.3) is 0 Å². The van der Waals surface area contributed by atoms with Crippen LogP contribution in [0.1, 0.15) is 5.56 Å². The van der Waals surface area contributed by atoms with Crippen LogP contribution in [-0.4, -0.2) is 57.1 Å². The minimum Gasteiger partial charge on any atom is -0.454 e. The van der Waals surface area contributed by atoms with E-state index in [9.17, 15) is 0 Å². The highest BCUT2D eigenvalue weighted by molar-refractivity contribution is 7.07. The maximum Gasteiger partial charge on any atom is 0.231 e. The molecule has 3 heterocycles. The minimum absolute atomic E-state index is 0.252. The first kappa shape index (κ1) is 21.2. The Hall–Kier alpha value is -2.65. The molecule has 2 aliphatic rings. The van der Waals surface area contributed by atoms with Crippen molar-refractivity contribution in [3.8, 4) is 22.8 Å². The largest absolute Gasteiger partial charge is 0.454 e. The van der Waals surface area contributed by atoms with Gasteiger partial charge in [0, 0.05) is 16.0 Å². The maximum atomic E-state index is 6.24. The van der Waals surface area contributed by atoms with Crippen molar-refractivity contribution in [2.24, 2.45) is 10.1 Å². The zero-order valence-corrected chi connectivity index (χ0v) is 19.1. The van der Waals surface area contributed by atoms with Crippen LogP contribution in [0.4, 0.5) is 0 Å². The van der Waals surface area contributed by atoms with Crippen LogP contribution >= 0.6 is 22.9 Å². The molecule has 9 heteroatoms. The topological polar surface area (TPSA) is 61.8 Å². The summed E-state index contributed by atoms with van der Waals surface area (Å²) in [5, 5.41) is 7.54. The lowest BCUT2D eigenvalue weighted by Crippen LogP contribution is -3.14. The summed E-state index contributed by atoms with van der Waals surface area (Å²) in [4.78, 5) is 7.25. The van der Waals surface area contributed by atoms with Crippen LogP contribution in [0.25, 0.3) is 11.3 Å². The second kappa shape index (κ2) is 9.87. The van der Waals surface area contributed by atoms with E-state index in [-0.39, 0.29) is 6.79 Å². The van der Waals surface area contributed by atoms with Gasteiger partial charge < -0.3 is 19.1 Å². The second-order valence-corrected chi connectivity index (χ2v) is 8.85. The average Bonchev–Trinajstić information content (AvgIpc) is 3.45. The van der Waals surface area contributed by atoms with Crippen molar-refractivity contribution in [2.45, 2.75) is 0 Å². The Labute approximate surface area is 195 Å². The predicted molar refractivity (Wildman–Crippen MR) is 125 cm³/mol. The monoisotopic (exact) mass is 471 g/mol.